The van der Waals surface area contributed by atoms with Gasteiger partial charge in [0, 0.05) is 25.4 Å². The number of rotatable bonds is 7. The van der Waals surface area contributed by atoms with Crippen molar-refractivity contribution in [3.8, 4) is 0 Å². The molecule has 0 spiro atoms. The first-order valence-electron chi connectivity index (χ1n) is 11.3. The Morgan fingerprint density at radius 2 is 1.70 bits per heavy atom. The SMILES string of the molecule is CC1CC(C)CN(c2nnc(SCCN3C(=O)c4ccccc4C3=O)n2Cc2ccco2)C1. The highest BCUT2D eigenvalue weighted by Gasteiger charge is 2.35. The molecule has 2 aromatic heterocycles. The lowest BCUT2D eigenvalue weighted by Gasteiger charge is -2.35. The molecule has 2 aliphatic rings. The van der Waals surface area contributed by atoms with Crippen molar-refractivity contribution in [3.63, 3.8) is 0 Å². The zero-order chi connectivity index (χ0) is 22.9. The van der Waals surface area contributed by atoms with E-state index in [9.17, 15) is 9.59 Å². The second-order valence-electron chi connectivity index (χ2n) is 8.96. The largest absolute Gasteiger partial charge is 0.467 e. The normalized spacial score (nSPS) is 20.5. The second-order valence-corrected chi connectivity index (χ2v) is 10.0. The van der Waals surface area contributed by atoms with Gasteiger partial charge >= 0.3 is 0 Å². The summed E-state index contributed by atoms with van der Waals surface area (Å²) < 4.78 is 7.67. The van der Waals surface area contributed by atoms with Crippen LogP contribution < -0.4 is 4.90 Å². The van der Waals surface area contributed by atoms with Crippen LogP contribution in [0.4, 0.5) is 5.95 Å². The number of fused-ring (bicyclic) bond motifs is 1. The van der Waals surface area contributed by atoms with Crippen LogP contribution in [0.15, 0.2) is 52.2 Å². The fourth-order valence-corrected chi connectivity index (χ4v) is 5.67. The Labute approximate surface area is 197 Å². The van der Waals surface area contributed by atoms with Crippen molar-refractivity contribution in [2.45, 2.75) is 32.0 Å². The molecule has 0 bridgehead atoms. The van der Waals surface area contributed by atoms with E-state index in [2.05, 4.69) is 33.5 Å². The Kier molecular flexibility index (Phi) is 5.97. The first-order chi connectivity index (χ1) is 16.0. The molecule has 8 nitrogen and oxygen atoms in total. The summed E-state index contributed by atoms with van der Waals surface area (Å²) in [5.74, 6) is 2.92. The molecule has 4 heterocycles. The highest BCUT2D eigenvalue weighted by molar-refractivity contribution is 7.99. The molecule has 2 unspecified atom stereocenters. The van der Waals surface area contributed by atoms with E-state index in [1.807, 2.05) is 12.1 Å². The third-order valence-corrected chi connectivity index (χ3v) is 7.11. The van der Waals surface area contributed by atoms with Crippen molar-refractivity contribution in [2.24, 2.45) is 11.8 Å². The average molecular weight is 466 g/mol. The van der Waals surface area contributed by atoms with E-state index in [0.29, 0.717) is 41.8 Å². The van der Waals surface area contributed by atoms with Crippen LogP contribution >= 0.6 is 11.8 Å². The van der Waals surface area contributed by atoms with Crippen molar-refractivity contribution < 1.29 is 14.0 Å². The lowest BCUT2D eigenvalue weighted by atomic mass is 9.92. The predicted octanol–water partition coefficient (Wildman–Crippen LogP) is 3.79. The van der Waals surface area contributed by atoms with Gasteiger partial charge in [-0.15, -0.1) is 10.2 Å². The zero-order valence-corrected chi connectivity index (χ0v) is 19.6. The number of benzene rings is 1. The molecule has 1 aromatic carbocycles. The molecule has 172 valence electrons. The quantitative estimate of drug-likeness (QED) is 0.388. The molecule has 0 radical (unpaired) electrons. The maximum absolute atomic E-state index is 12.6. The number of nitrogens with zero attached hydrogens (tertiary/aromatic N) is 5. The molecule has 5 rings (SSSR count). The fraction of sp³-hybridized carbons (Fsp3) is 0.417. The number of imide groups is 1. The summed E-state index contributed by atoms with van der Waals surface area (Å²) in [6, 6.07) is 10.8. The Balaban J connectivity index is 1.32. The summed E-state index contributed by atoms with van der Waals surface area (Å²) in [7, 11) is 0. The van der Waals surface area contributed by atoms with Crippen LogP contribution in [-0.2, 0) is 6.54 Å². The van der Waals surface area contributed by atoms with E-state index < -0.39 is 0 Å². The summed E-state index contributed by atoms with van der Waals surface area (Å²) in [5.41, 5.74) is 0.952. The summed E-state index contributed by atoms with van der Waals surface area (Å²) in [4.78, 5) is 28.9. The smallest absolute Gasteiger partial charge is 0.261 e. The Bertz CT molecular complexity index is 1110. The maximum Gasteiger partial charge on any atom is 0.261 e. The van der Waals surface area contributed by atoms with E-state index in [1.165, 1.54) is 23.1 Å². The lowest BCUT2D eigenvalue weighted by Crippen LogP contribution is -2.40. The van der Waals surface area contributed by atoms with E-state index in [0.717, 1.165) is 30.0 Å². The molecular formula is C24H27N5O3S. The molecule has 33 heavy (non-hydrogen) atoms. The Morgan fingerprint density at radius 1 is 1.00 bits per heavy atom. The van der Waals surface area contributed by atoms with Crippen molar-refractivity contribution >= 4 is 29.5 Å². The molecule has 1 saturated heterocycles. The molecule has 9 heteroatoms. The molecule has 0 aliphatic carbocycles. The predicted molar refractivity (Wildman–Crippen MR) is 126 cm³/mol. The monoisotopic (exact) mass is 465 g/mol. The fourth-order valence-electron chi connectivity index (χ4n) is 4.82. The Morgan fingerprint density at radius 3 is 2.33 bits per heavy atom. The molecule has 3 aromatic rings. The number of furan rings is 1. The molecule has 0 saturated carbocycles. The number of carbonyl (C=O) groups excluding carboxylic acids is 2. The Hall–Kier alpha value is -3.07. The van der Waals surface area contributed by atoms with Crippen LogP contribution in [0, 0.1) is 11.8 Å². The van der Waals surface area contributed by atoms with Gasteiger partial charge in [0.15, 0.2) is 5.16 Å². The number of hydrogen-bond donors (Lipinski definition) is 0. The number of aromatic nitrogens is 3. The molecule has 0 N–H and O–H groups in total. The first-order valence-corrected chi connectivity index (χ1v) is 12.3. The van der Waals surface area contributed by atoms with Gasteiger partial charge in [-0.2, -0.15) is 0 Å². The molecule has 2 aliphatic heterocycles. The molecule has 2 amide bonds. The summed E-state index contributed by atoms with van der Waals surface area (Å²) in [6.45, 7) is 7.28. The molecule has 1 fully saturated rings. The molecular weight excluding hydrogens is 438 g/mol. The number of hydrogen-bond acceptors (Lipinski definition) is 7. The minimum atomic E-state index is -0.231. The van der Waals surface area contributed by atoms with Crippen LogP contribution in [0.1, 0.15) is 46.7 Å². The van der Waals surface area contributed by atoms with Gasteiger partial charge < -0.3 is 9.32 Å². The van der Waals surface area contributed by atoms with Crippen molar-refractivity contribution in [2.75, 3.05) is 30.3 Å². The van der Waals surface area contributed by atoms with Gasteiger partial charge in [-0.3, -0.25) is 19.1 Å². The van der Waals surface area contributed by atoms with Gasteiger partial charge in [0.2, 0.25) is 5.95 Å². The minimum absolute atomic E-state index is 0.231. The summed E-state index contributed by atoms with van der Waals surface area (Å²) >= 11 is 1.50. The standard InChI is InChI=1S/C24H27N5O3S/c1-16-12-17(2)14-27(13-16)23-25-26-24(29(23)15-18-6-5-10-32-18)33-11-9-28-21(30)19-7-3-4-8-20(19)22(28)31/h3-8,10,16-17H,9,11-15H2,1-2H3. The number of amides is 2. The van der Waals surface area contributed by atoms with E-state index in [1.54, 1.807) is 30.5 Å². The van der Waals surface area contributed by atoms with E-state index in [4.69, 9.17) is 4.42 Å². The van der Waals surface area contributed by atoms with Gasteiger partial charge in [0.25, 0.3) is 11.8 Å². The van der Waals surface area contributed by atoms with Crippen LogP contribution in [0.5, 0.6) is 0 Å². The van der Waals surface area contributed by atoms with Gasteiger partial charge in [-0.1, -0.05) is 37.7 Å². The third-order valence-electron chi connectivity index (χ3n) is 6.17. The van der Waals surface area contributed by atoms with Crippen LogP contribution in [-0.4, -0.2) is 56.9 Å². The summed E-state index contributed by atoms with van der Waals surface area (Å²) in [5, 5.41) is 9.75. The first kappa shape index (κ1) is 21.8. The van der Waals surface area contributed by atoms with Gasteiger partial charge in [0.05, 0.1) is 23.9 Å². The highest BCUT2D eigenvalue weighted by Crippen LogP contribution is 2.30. The number of piperidine rings is 1. The number of carbonyl (C=O) groups is 2. The van der Waals surface area contributed by atoms with Crippen LogP contribution in [0.3, 0.4) is 0 Å². The lowest BCUT2D eigenvalue weighted by molar-refractivity contribution is 0.0664. The average Bonchev–Trinajstić information content (AvgIpc) is 3.50. The second kappa shape index (κ2) is 9.05. The topological polar surface area (TPSA) is 84.5 Å². The molecule has 2 atom stereocenters. The van der Waals surface area contributed by atoms with Crippen LogP contribution in [0.2, 0.25) is 0 Å². The van der Waals surface area contributed by atoms with Gasteiger partial charge in [-0.05, 0) is 42.5 Å². The minimum Gasteiger partial charge on any atom is -0.467 e. The van der Waals surface area contributed by atoms with Crippen LogP contribution in [0.25, 0.3) is 0 Å². The summed E-state index contributed by atoms with van der Waals surface area (Å²) in [6.07, 6.45) is 2.88. The highest BCUT2D eigenvalue weighted by atomic mass is 32.2. The van der Waals surface area contributed by atoms with Crippen molar-refractivity contribution in [1.82, 2.24) is 19.7 Å². The van der Waals surface area contributed by atoms with E-state index in [-0.39, 0.29) is 11.8 Å². The van der Waals surface area contributed by atoms with Gasteiger partial charge in [-0.25, -0.2) is 0 Å². The number of thioether (sulfide) groups is 1. The third kappa shape index (κ3) is 4.29. The van der Waals surface area contributed by atoms with Crippen molar-refractivity contribution in [1.29, 1.82) is 0 Å². The number of anilines is 1. The zero-order valence-electron chi connectivity index (χ0n) is 18.8. The van der Waals surface area contributed by atoms with Gasteiger partial charge in [0.1, 0.15) is 5.76 Å². The van der Waals surface area contributed by atoms with Crippen molar-refractivity contribution in [3.05, 3.63) is 59.5 Å². The maximum atomic E-state index is 12.6. The van der Waals surface area contributed by atoms with E-state index >= 15 is 0 Å².